The van der Waals surface area contributed by atoms with Crippen LogP contribution in [0.1, 0.15) is 34.3 Å². The Morgan fingerprint density at radius 3 is 2.74 bits per heavy atom. The molecule has 1 atom stereocenters. The average Bonchev–Trinajstić information content (AvgIpc) is 3.10. The lowest BCUT2D eigenvalue weighted by Crippen LogP contribution is -2.39. The maximum absolute atomic E-state index is 12.6. The Morgan fingerprint density at radius 2 is 2.04 bits per heavy atom. The van der Waals surface area contributed by atoms with Crippen LogP contribution in [-0.4, -0.2) is 29.7 Å². The number of para-hydroxylation sites is 1. The number of aryl methyl sites for hydroxylation is 2. The van der Waals surface area contributed by atoms with Crippen molar-refractivity contribution < 1.29 is 18.8 Å². The number of rotatable bonds is 3. The van der Waals surface area contributed by atoms with E-state index >= 15 is 0 Å². The highest BCUT2D eigenvalue weighted by molar-refractivity contribution is 6.00. The summed E-state index contributed by atoms with van der Waals surface area (Å²) in [5.74, 6) is -0.427. The molecule has 2 heterocycles. The molecule has 0 fully saturated rings. The van der Waals surface area contributed by atoms with Gasteiger partial charge in [-0.05, 0) is 38.8 Å². The summed E-state index contributed by atoms with van der Waals surface area (Å²) in [5, 5.41) is 3.73. The number of carbonyl (C=O) groups is 2. The Bertz CT molecular complexity index is 746. The molecular formula is C17H18N2O4. The van der Waals surface area contributed by atoms with Crippen LogP contribution in [0, 0.1) is 13.8 Å². The van der Waals surface area contributed by atoms with Crippen LogP contribution in [0.3, 0.4) is 0 Å². The first-order chi connectivity index (χ1) is 11.0. The van der Waals surface area contributed by atoms with E-state index in [0.29, 0.717) is 18.0 Å². The molecule has 3 rings (SSSR count). The van der Waals surface area contributed by atoms with Gasteiger partial charge >= 0.3 is 5.97 Å². The second-order valence-electron chi connectivity index (χ2n) is 5.62. The number of hydrogen-bond donors (Lipinski definition) is 0. The van der Waals surface area contributed by atoms with Crippen molar-refractivity contribution in [1.29, 1.82) is 0 Å². The number of esters is 1. The highest BCUT2D eigenvalue weighted by Gasteiger charge is 2.31. The van der Waals surface area contributed by atoms with E-state index in [9.17, 15) is 9.59 Å². The molecule has 0 unspecified atom stereocenters. The van der Waals surface area contributed by atoms with Crippen molar-refractivity contribution in [3.63, 3.8) is 0 Å². The van der Waals surface area contributed by atoms with Gasteiger partial charge in [-0.15, -0.1) is 0 Å². The van der Waals surface area contributed by atoms with Gasteiger partial charge in [0.15, 0.2) is 6.10 Å². The predicted molar refractivity (Wildman–Crippen MR) is 83.4 cm³/mol. The lowest BCUT2D eigenvalue weighted by atomic mass is 10.2. The molecule has 0 saturated carbocycles. The van der Waals surface area contributed by atoms with Crippen molar-refractivity contribution in [3.8, 4) is 0 Å². The SMILES string of the molecule is Cc1noc(C)c1C(=O)O[C@H](C)C(=O)N1CCc2ccccc21. The summed E-state index contributed by atoms with van der Waals surface area (Å²) < 4.78 is 10.3. The molecule has 1 amide bonds. The van der Waals surface area contributed by atoms with Gasteiger partial charge < -0.3 is 14.2 Å². The van der Waals surface area contributed by atoms with Crippen LogP contribution in [0.2, 0.25) is 0 Å². The summed E-state index contributed by atoms with van der Waals surface area (Å²) >= 11 is 0. The number of anilines is 1. The van der Waals surface area contributed by atoms with Gasteiger partial charge in [0, 0.05) is 12.2 Å². The van der Waals surface area contributed by atoms with E-state index in [-0.39, 0.29) is 11.5 Å². The number of nitrogens with zero attached hydrogens (tertiary/aromatic N) is 2. The topological polar surface area (TPSA) is 72.6 Å². The maximum Gasteiger partial charge on any atom is 0.344 e. The second-order valence-corrected chi connectivity index (χ2v) is 5.62. The number of benzene rings is 1. The highest BCUT2D eigenvalue weighted by Crippen LogP contribution is 2.28. The van der Waals surface area contributed by atoms with Gasteiger partial charge in [0.05, 0.1) is 5.69 Å². The van der Waals surface area contributed by atoms with Crippen molar-refractivity contribution in [2.24, 2.45) is 0 Å². The summed E-state index contributed by atoms with van der Waals surface area (Å²) in [7, 11) is 0. The van der Waals surface area contributed by atoms with Crippen LogP contribution in [0.4, 0.5) is 5.69 Å². The lowest BCUT2D eigenvalue weighted by Gasteiger charge is -2.21. The van der Waals surface area contributed by atoms with Gasteiger partial charge in [0.2, 0.25) is 0 Å². The fourth-order valence-electron chi connectivity index (χ4n) is 2.83. The van der Waals surface area contributed by atoms with E-state index in [0.717, 1.165) is 17.7 Å². The monoisotopic (exact) mass is 314 g/mol. The van der Waals surface area contributed by atoms with Crippen LogP contribution in [-0.2, 0) is 16.0 Å². The van der Waals surface area contributed by atoms with E-state index in [1.54, 1.807) is 25.7 Å². The Kier molecular flexibility index (Phi) is 3.90. The molecule has 120 valence electrons. The average molecular weight is 314 g/mol. The zero-order chi connectivity index (χ0) is 16.6. The summed E-state index contributed by atoms with van der Waals surface area (Å²) in [6.45, 7) is 5.49. The third-order valence-electron chi connectivity index (χ3n) is 4.02. The summed E-state index contributed by atoms with van der Waals surface area (Å²) in [6.07, 6.45) is -0.0609. The Labute approximate surface area is 134 Å². The van der Waals surface area contributed by atoms with Crippen molar-refractivity contribution in [2.75, 3.05) is 11.4 Å². The van der Waals surface area contributed by atoms with E-state index in [1.165, 1.54) is 0 Å². The van der Waals surface area contributed by atoms with Crippen LogP contribution in [0.5, 0.6) is 0 Å². The highest BCUT2D eigenvalue weighted by atomic mass is 16.5. The number of ether oxygens (including phenoxy) is 1. The standard InChI is InChI=1S/C17H18N2O4/c1-10-15(11(2)23-18-10)17(21)22-12(3)16(20)19-9-8-13-6-4-5-7-14(13)19/h4-7,12H,8-9H2,1-3H3/t12-/m1/s1. The molecule has 23 heavy (non-hydrogen) atoms. The number of carbonyl (C=O) groups excluding carboxylic acids is 2. The molecule has 0 bridgehead atoms. The molecule has 2 aromatic rings. The van der Waals surface area contributed by atoms with Gasteiger partial charge in [-0.25, -0.2) is 4.79 Å². The molecule has 1 aliphatic rings. The Balaban J connectivity index is 1.73. The second kappa shape index (κ2) is 5.87. The molecule has 0 N–H and O–H groups in total. The smallest absolute Gasteiger partial charge is 0.344 e. The molecule has 6 nitrogen and oxygen atoms in total. The number of fused-ring (bicyclic) bond motifs is 1. The largest absolute Gasteiger partial charge is 0.449 e. The van der Waals surface area contributed by atoms with E-state index in [4.69, 9.17) is 9.26 Å². The fourth-order valence-corrected chi connectivity index (χ4v) is 2.83. The molecular weight excluding hydrogens is 296 g/mol. The molecule has 0 aliphatic carbocycles. The molecule has 1 aromatic carbocycles. The van der Waals surface area contributed by atoms with Gasteiger partial charge in [0.1, 0.15) is 11.3 Å². The van der Waals surface area contributed by atoms with Gasteiger partial charge in [-0.3, -0.25) is 4.79 Å². The molecule has 0 radical (unpaired) electrons. The van der Waals surface area contributed by atoms with Gasteiger partial charge in [0.25, 0.3) is 5.91 Å². The summed E-state index contributed by atoms with van der Waals surface area (Å²) in [5.41, 5.74) is 2.76. The van der Waals surface area contributed by atoms with E-state index in [1.807, 2.05) is 24.3 Å². The fraction of sp³-hybridized carbons (Fsp3) is 0.353. The normalized spacial score (nSPS) is 14.5. The first-order valence-electron chi connectivity index (χ1n) is 7.52. The van der Waals surface area contributed by atoms with E-state index < -0.39 is 12.1 Å². The number of hydrogen-bond acceptors (Lipinski definition) is 5. The minimum atomic E-state index is -0.873. The minimum Gasteiger partial charge on any atom is -0.449 e. The maximum atomic E-state index is 12.6. The third-order valence-corrected chi connectivity index (χ3v) is 4.02. The molecule has 0 spiro atoms. The van der Waals surface area contributed by atoms with Gasteiger partial charge in [-0.1, -0.05) is 23.4 Å². The zero-order valence-corrected chi connectivity index (χ0v) is 13.3. The minimum absolute atomic E-state index is 0.227. The summed E-state index contributed by atoms with van der Waals surface area (Å²) in [6, 6.07) is 7.75. The number of amides is 1. The molecule has 6 heteroatoms. The quantitative estimate of drug-likeness (QED) is 0.814. The van der Waals surface area contributed by atoms with E-state index in [2.05, 4.69) is 5.16 Å². The first kappa shape index (κ1) is 15.3. The van der Waals surface area contributed by atoms with Crippen molar-refractivity contribution in [1.82, 2.24) is 5.16 Å². The first-order valence-corrected chi connectivity index (χ1v) is 7.52. The predicted octanol–water partition coefficient (Wildman–Crippen LogP) is 2.43. The Hall–Kier alpha value is -2.63. The zero-order valence-electron chi connectivity index (χ0n) is 13.3. The van der Waals surface area contributed by atoms with Gasteiger partial charge in [-0.2, -0.15) is 0 Å². The molecule has 1 aliphatic heterocycles. The number of aromatic nitrogens is 1. The lowest BCUT2D eigenvalue weighted by molar-refractivity contribution is -0.126. The Morgan fingerprint density at radius 1 is 1.30 bits per heavy atom. The van der Waals surface area contributed by atoms with Crippen LogP contribution in [0.25, 0.3) is 0 Å². The van der Waals surface area contributed by atoms with Crippen LogP contribution >= 0.6 is 0 Å². The van der Waals surface area contributed by atoms with Crippen LogP contribution < -0.4 is 4.90 Å². The molecule has 1 aromatic heterocycles. The van der Waals surface area contributed by atoms with Crippen molar-refractivity contribution >= 4 is 17.6 Å². The van der Waals surface area contributed by atoms with Crippen LogP contribution in [0.15, 0.2) is 28.8 Å². The van der Waals surface area contributed by atoms with Crippen molar-refractivity contribution in [2.45, 2.75) is 33.3 Å². The van der Waals surface area contributed by atoms with Crippen molar-refractivity contribution in [3.05, 3.63) is 46.8 Å². The third kappa shape index (κ3) is 2.72. The summed E-state index contributed by atoms with van der Waals surface area (Å²) in [4.78, 5) is 26.5. The molecule has 0 saturated heterocycles.